The number of ether oxygens (including phenoxy) is 1. The summed E-state index contributed by atoms with van der Waals surface area (Å²) in [6.07, 6.45) is 0.336. The van der Waals surface area contributed by atoms with E-state index in [2.05, 4.69) is 9.69 Å². The third kappa shape index (κ3) is 2.89. The number of benzene rings is 2. The summed E-state index contributed by atoms with van der Waals surface area (Å²) in [6, 6.07) is 13.9. The molecule has 0 bridgehead atoms. The molecule has 0 saturated heterocycles. The Morgan fingerprint density at radius 3 is 2.56 bits per heavy atom. The molecule has 1 atom stereocenters. The number of amides is 1. The lowest BCUT2D eigenvalue weighted by molar-refractivity contribution is -0.116. The fourth-order valence-electron chi connectivity index (χ4n) is 3.04. The van der Waals surface area contributed by atoms with Crippen LogP contribution >= 0.6 is 11.5 Å². The molecule has 1 aliphatic rings. The minimum atomic E-state index is -0.285. The molecule has 25 heavy (non-hydrogen) atoms. The number of hydrogen-bond acceptors (Lipinski definition) is 4. The van der Waals surface area contributed by atoms with Crippen molar-refractivity contribution in [1.82, 2.24) is 4.37 Å². The Hall–Kier alpha value is -2.73. The molecule has 4 rings (SSSR count). The van der Waals surface area contributed by atoms with Crippen LogP contribution in [0.1, 0.15) is 22.8 Å². The second-order valence-corrected chi connectivity index (χ2v) is 6.66. The number of methoxy groups -OCH3 is 1. The molecule has 1 aromatic heterocycles. The maximum Gasteiger partial charge on any atom is 0.225 e. The van der Waals surface area contributed by atoms with Crippen molar-refractivity contribution in [2.45, 2.75) is 12.3 Å². The summed E-state index contributed by atoms with van der Waals surface area (Å²) in [7, 11) is 1.62. The van der Waals surface area contributed by atoms with E-state index >= 15 is 0 Å². The van der Waals surface area contributed by atoms with Gasteiger partial charge in [-0.15, -0.1) is 0 Å². The summed E-state index contributed by atoms with van der Waals surface area (Å²) in [5, 5.41) is 2.95. The van der Waals surface area contributed by atoms with Crippen molar-refractivity contribution in [3.05, 3.63) is 64.8 Å². The van der Waals surface area contributed by atoms with Crippen LogP contribution in [0.5, 0.6) is 5.75 Å². The summed E-state index contributed by atoms with van der Waals surface area (Å²) >= 11 is 1.38. The van der Waals surface area contributed by atoms with Gasteiger partial charge in [-0.25, -0.2) is 4.39 Å². The number of nitrogens with zero attached hydrogens (tertiary/aromatic N) is 1. The van der Waals surface area contributed by atoms with Crippen molar-refractivity contribution in [2.75, 3.05) is 12.4 Å². The Bertz CT molecular complexity index is 920. The first kappa shape index (κ1) is 15.8. The monoisotopic (exact) mass is 354 g/mol. The van der Waals surface area contributed by atoms with Gasteiger partial charge in [-0.3, -0.25) is 4.79 Å². The van der Waals surface area contributed by atoms with Crippen LogP contribution in [0, 0.1) is 5.82 Å². The van der Waals surface area contributed by atoms with Crippen molar-refractivity contribution < 1.29 is 13.9 Å². The molecule has 0 aliphatic carbocycles. The Morgan fingerprint density at radius 1 is 1.16 bits per heavy atom. The van der Waals surface area contributed by atoms with Gasteiger partial charge in [0.15, 0.2) is 0 Å². The van der Waals surface area contributed by atoms with Crippen LogP contribution < -0.4 is 10.1 Å². The van der Waals surface area contributed by atoms with Crippen molar-refractivity contribution in [3.8, 4) is 17.0 Å². The quantitative estimate of drug-likeness (QED) is 0.757. The van der Waals surface area contributed by atoms with Gasteiger partial charge in [0.05, 0.1) is 17.7 Å². The molecule has 1 amide bonds. The lowest BCUT2D eigenvalue weighted by Crippen LogP contribution is -2.22. The van der Waals surface area contributed by atoms with Crippen LogP contribution in [-0.4, -0.2) is 17.4 Å². The van der Waals surface area contributed by atoms with Gasteiger partial charge in [-0.1, -0.05) is 12.1 Å². The number of hydrogen-bond donors (Lipinski definition) is 1. The Morgan fingerprint density at radius 2 is 1.88 bits per heavy atom. The highest BCUT2D eigenvalue weighted by molar-refractivity contribution is 7.07. The van der Waals surface area contributed by atoms with Gasteiger partial charge < -0.3 is 10.1 Å². The number of halogens is 1. The second kappa shape index (κ2) is 6.29. The number of carbonyl (C=O) groups excluding carboxylic acids is 1. The van der Waals surface area contributed by atoms with E-state index in [1.165, 1.54) is 23.7 Å². The molecular weight excluding hydrogens is 339 g/mol. The van der Waals surface area contributed by atoms with Crippen molar-refractivity contribution in [2.24, 2.45) is 0 Å². The van der Waals surface area contributed by atoms with E-state index in [1.807, 2.05) is 24.3 Å². The SMILES string of the molecule is COc1ccc(-c2nsc3c2NC(=O)C[C@@H]3c2ccc(F)cc2)cc1. The highest BCUT2D eigenvalue weighted by atomic mass is 32.1. The van der Waals surface area contributed by atoms with Crippen molar-refractivity contribution in [3.63, 3.8) is 0 Å². The first-order valence-electron chi connectivity index (χ1n) is 7.85. The predicted octanol–water partition coefficient (Wildman–Crippen LogP) is 4.43. The van der Waals surface area contributed by atoms with E-state index in [4.69, 9.17) is 4.74 Å². The zero-order valence-electron chi connectivity index (χ0n) is 13.5. The topological polar surface area (TPSA) is 51.2 Å². The van der Waals surface area contributed by atoms with Gasteiger partial charge in [0.25, 0.3) is 0 Å². The van der Waals surface area contributed by atoms with E-state index in [0.717, 1.165) is 33.1 Å². The highest BCUT2D eigenvalue weighted by Crippen LogP contribution is 2.44. The number of nitrogens with one attached hydrogen (secondary N) is 1. The van der Waals surface area contributed by atoms with Crippen LogP contribution in [0.3, 0.4) is 0 Å². The normalized spacial score (nSPS) is 16.2. The van der Waals surface area contributed by atoms with Gasteiger partial charge in [0.1, 0.15) is 17.3 Å². The molecule has 6 heteroatoms. The summed E-state index contributed by atoms with van der Waals surface area (Å²) in [5.74, 6) is 0.319. The van der Waals surface area contributed by atoms with E-state index in [-0.39, 0.29) is 17.6 Å². The van der Waals surface area contributed by atoms with E-state index in [1.54, 1.807) is 19.2 Å². The maximum absolute atomic E-state index is 13.2. The molecule has 0 radical (unpaired) electrons. The van der Waals surface area contributed by atoms with Crippen LogP contribution in [-0.2, 0) is 4.79 Å². The molecular formula is C19H15FN2O2S. The molecule has 0 fully saturated rings. The van der Waals surface area contributed by atoms with Crippen LogP contribution in [0.25, 0.3) is 11.3 Å². The first-order valence-corrected chi connectivity index (χ1v) is 8.62. The summed E-state index contributed by atoms with van der Waals surface area (Å²) in [6.45, 7) is 0. The lowest BCUT2D eigenvalue weighted by Gasteiger charge is -2.23. The molecule has 126 valence electrons. The maximum atomic E-state index is 13.2. The second-order valence-electron chi connectivity index (χ2n) is 5.86. The molecule has 2 heterocycles. The summed E-state index contributed by atoms with van der Waals surface area (Å²) < 4.78 is 23.0. The van der Waals surface area contributed by atoms with E-state index < -0.39 is 0 Å². The summed E-state index contributed by atoms with van der Waals surface area (Å²) in [5.41, 5.74) is 3.34. The molecule has 1 N–H and O–H groups in total. The Labute approximate surface area is 148 Å². The van der Waals surface area contributed by atoms with Crippen molar-refractivity contribution >= 4 is 23.1 Å². The van der Waals surface area contributed by atoms with E-state index in [9.17, 15) is 9.18 Å². The molecule has 0 saturated carbocycles. The smallest absolute Gasteiger partial charge is 0.225 e. The number of aromatic nitrogens is 1. The zero-order valence-corrected chi connectivity index (χ0v) is 14.3. The fourth-order valence-corrected chi connectivity index (χ4v) is 4.01. The lowest BCUT2D eigenvalue weighted by atomic mass is 9.89. The largest absolute Gasteiger partial charge is 0.497 e. The number of rotatable bonds is 3. The van der Waals surface area contributed by atoms with Crippen LogP contribution in [0.4, 0.5) is 10.1 Å². The van der Waals surface area contributed by atoms with Crippen molar-refractivity contribution in [1.29, 1.82) is 0 Å². The van der Waals surface area contributed by atoms with Crippen LogP contribution in [0.2, 0.25) is 0 Å². The number of anilines is 1. The average Bonchev–Trinajstić information content (AvgIpc) is 3.05. The molecule has 3 aromatic rings. The minimum Gasteiger partial charge on any atom is -0.497 e. The average molecular weight is 354 g/mol. The van der Waals surface area contributed by atoms with Gasteiger partial charge in [-0.05, 0) is 53.5 Å². The highest BCUT2D eigenvalue weighted by Gasteiger charge is 2.31. The van der Waals surface area contributed by atoms with Gasteiger partial charge in [0.2, 0.25) is 5.91 Å². The standard InChI is InChI=1S/C19H15FN2O2S/c1-24-14-8-4-12(5-9-14)17-18-19(25-22-17)15(10-16(23)21-18)11-2-6-13(20)7-3-11/h2-9,15H,10H2,1H3,(H,21,23)/t15-/m1/s1. The minimum absolute atomic E-state index is 0.0585. The molecule has 2 aromatic carbocycles. The number of carbonyl (C=O) groups is 1. The predicted molar refractivity (Wildman–Crippen MR) is 95.6 cm³/mol. The Kier molecular flexibility index (Phi) is 3.97. The fraction of sp³-hybridized carbons (Fsp3) is 0.158. The molecule has 1 aliphatic heterocycles. The third-order valence-electron chi connectivity index (χ3n) is 4.32. The van der Waals surface area contributed by atoms with Gasteiger partial charge in [0, 0.05) is 17.9 Å². The molecule has 0 unspecified atom stereocenters. The molecule has 4 nitrogen and oxygen atoms in total. The van der Waals surface area contributed by atoms with Gasteiger partial charge >= 0.3 is 0 Å². The number of fused-ring (bicyclic) bond motifs is 1. The third-order valence-corrected chi connectivity index (χ3v) is 5.28. The van der Waals surface area contributed by atoms with E-state index in [0.29, 0.717) is 6.42 Å². The van der Waals surface area contributed by atoms with Gasteiger partial charge in [-0.2, -0.15) is 4.37 Å². The summed E-state index contributed by atoms with van der Waals surface area (Å²) in [4.78, 5) is 13.2. The molecule has 0 spiro atoms. The first-order chi connectivity index (χ1) is 12.2. The van der Waals surface area contributed by atoms with Crippen LogP contribution in [0.15, 0.2) is 48.5 Å². The zero-order chi connectivity index (χ0) is 17.4. The Balaban J connectivity index is 1.76.